The summed E-state index contributed by atoms with van der Waals surface area (Å²) in [5.41, 5.74) is 7.91. The predicted octanol–water partition coefficient (Wildman–Crippen LogP) is 4.24. The lowest BCUT2D eigenvalue weighted by atomic mass is 10.0. The van der Waals surface area contributed by atoms with Crippen molar-refractivity contribution in [3.8, 4) is 0 Å². The average molecular weight is 494 g/mol. The summed E-state index contributed by atoms with van der Waals surface area (Å²) in [6.45, 7) is 3.58. The Bertz CT molecular complexity index is 1300. The summed E-state index contributed by atoms with van der Waals surface area (Å²) >= 11 is 5.90. The zero-order chi connectivity index (χ0) is 25.5. The van der Waals surface area contributed by atoms with Crippen LogP contribution in [0.4, 0.5) is 10.2 Å². The van der Waals surface area contributed by atoms with Crippen molar-refractivity contribution in [2.45, 2.75) is 19.9 Å². The Morgan fingerprint density at radius 1 is 1.29 bits per heavy atom. The number of amides is 1. The van der Waals surface area contributed by atoms with Gasteiger partial charge >= 0.3 is 0 Å². The highest BCUT2D eigenvalue weighted by Crippen LogP contribution is 2.24. The molecule has 0 saturated carbocycles. The summed E-state index contributed by atoms with van der Waals surface area (Å²) in [4.78, 5) is 16.2. The van der Waals surface area contributed by atoms with Crippen LogP contribution in [0.25, 0.3) is 0 Å². The van der Waals surface area contributed by atoms with Crippen molar-refractivity contribution >= 4 is 35.4 Å². The van der Waals surface area contributed by atoms with Crippen LogP contribution in [0, 0.1) is 23.6 Å². The standard InChI is InChI=1S/C25H25ClFN7O/c1-14-5-3-8-23(32-14)34-20(16-9-10-31-21(11-16)18(13-28)25(30)35)12-22(29)33-15(2)17-6-4-7-19(26)24(17)27/h3-13,15,28,31H,1-2H3,(H2,29,33)(H2,30,35)(H,32,34)/b20-12-,21-18+,28-13?. The maximum atomic E-state index is 14.4. The van der Waals surface area contributed by atoms with Gasteiger partial charge in [0.25, 0.3) is 5.91 Å². The molecular weight excluding hydrogens is 469 g/mol. The van der Waals surface area contributed by atoms with Crippen LogP contribution in [-0.2, 0) is 4.79 Å². The van der Waals surface area contributed by atoms with E-state index in [1.165, 1.54) is 12.1 Å². The number of benzene rings is 1. The number of amidine groups is 1. The van der Waals surface area contributed by atoms with Gasteiger partial charge in [-0.05, 0) is 44.2 Å². The molecule has 1 aliphatic rings. The molecule has 1 unspecified atom stereocenters. The molecule has 1 amide bonds. The van der Waals surface area contributed by atoms with Crippen molar-refractivity contribution in [3.63, 3.8) is 0 Å². The van der Waals surface area contributed by atoms with Crippen molar-refractivity contribution in [1.29, 1.82) is 10.8 Å². The SMILES string of the molecule is Cc1cccc(N/C(=C\C(=N)NC(C)c2cccc(Cl)c2F)C2=C/C(=C(/C=N)C(N)=O)NC=C2)n1. The van der Waals surface area contributed by atoms with E-state index in [1.54, 1.807) is 43.5 Å². The Hall–Kier alpha value is -4.24. The second-order valence-corrected chi connectivity index (χ2v) is 8.09. The largest absolute Gasteiger partial charge is 0.365 e. The smallest absolute Gasteiger partial charge is 0.252 e. The normalized spacial score (nSPS) is 15.4. The summed E-state index contributed by atoms with van der Waals surface area (Å²) in [7, 11) is 0. The molecule has 0 spiro atoms. The molecule has 7 N–H and O–H groups in total. The van der Waals surface area contributed by atoms with Crippen LogP contribution < -0.4 is 21.7 Å². The van der Waals surface area contributed by atoms with E-state index in [2.05, 4.69) is 20.9 Å². The average Bonchev–Trinajstić information content (AvgIpc) is 2.81. The topological polar surface area (TPSA) is 140 Å². The summed E-state index contributed by atoms with van der Waals surface area (Å²) < 4.78 is 14.4. The third-order valence-corrected chi connectivity index (χ3v) is 5.36. The van der Waals surface area contributed by atoms with E-state index in [9.17, 15) is 9.18 Å². The number of carbonyl (C=O) groups excluding carboxylic acids is 1. The fourth-order valence-corrected chi connectivity index (χ4v) is 3.55. The van der Waals surface area contributed by atoms with Crippen molar-refractivity contribution in [1.82, 2.24) is 15.6 Å². The molecule has 1 aliphatic heterocycles. The van der Waals surface area contributed by atoms with Crippen molar-refractivity contribution in [2.24, 2.45) is 5.73 Å². The summed E-state index contributed by atoms with van der Waals surface area (Å²) in [5.74, 6) is -0.761. The van der Waals surface area contributed by atoms with Gasteiger partial charge in [0, 0.05) is 35.3 Å². The van der Waals surface area contributed by atoms with E-state index < -0.39 is 17.8 Å². The van der Waals surface area contributed by atoms with Crippen molar-refractivity contribution in [2.75, 3.05) is 5.32 Å². The highest BCUT2D eigenvalue weighted by Gasteiger charge is 2.16. The Kier molecular flexibility index (Phi) is 8.17. The summed E-state index contributed by atoms with van der Waals surface area (Å²) in [5, 5.41) is 25.1. The van der Waals surface area contributed by atoms with Gasteiger partial charge in [0.1, 0.15) is 17.5 Å². The van der Waals surface area contributed by atoms with Gasteiger partial charge in [-0.25, -0.2) is 9.37 Å². The quantitative estimate of drug-likeness (QED) is 0.185. The molecule has 3 rings (SSSR count). The number of rotatable bonds is 8. The second-order valence-electron chi connectivity index (χ2n) is 7.68. The fraction of sp³-hybridized carbons (Fsp3) is 0.120. The minimum Gasteiger partial charge on any atom is -0.365 e. The first kappa shape index (κ1) is 25.4. The molecule has 0 fully saturated rings. The Morgan fingerprint density at radius 3 is 2.71 bits per heavy atom. The Labute approximate surface area is 207 Å². The van der Waals surface area contributed by atoms with Crippen LogP contribution in [0.5, 0.6) is 0 Å². The number of allylic oxidation sites excluding steroid dienone is 2. The number of halogens is 2. The number of nitrogens with one attached hydrogen (secondary N) is 5. The highest BCUT2D eigenvalue weighted by atomic mass is 35.5. The van der Waals surface area contributed by atoms with Gasteiger partial charge in [-0.15, -0.1) is 0 Å². The lowest BCUT2D eigenvalue weighted by molar-refractivity contribution is -0.114. The molecule has 1 aromatic carbocycles. The van der Waals surface area contributed by atoms with Gasteiger partial charge in [-0.1, -0.05) is 29.8 Å². The number of hydrogen-bond acceptors (Lipinski definition) is 6. The van der Waals surface area contributed by atoms with Crippen LogP contribution in [-0.4, -0.2) is 22.9 Å². The lowest BCUT2D eigenvalue weighted by Crippen LogP contribution is -2.26. The number of anilines is 1. The second kappa shape index (κ2) is 11.3. The maximum absolute atomic E-state index is 14.4. The summed E-state index contributed by atoms with van der Waals surface area (Å²) in [6, 6.07) is 9.64. The molecule has 0 aliphatic carbocycles. The van der Waals surface area contributed by atoms with Crippen molar-refractivity contribution in [3.05, 3.63) is 105 Å². The molecule has 0 bridgehead atoms. The number of aryl methyl sites for hydroxylation is 1. The van der Waals surface area contributed by atoms with Crippen LogP contribution in [0.1, 0.15) is 24.2 Å². The first-order chi connectivity index (χ1) is 16.7. The number of pyridine rings is 1. The van der Waals surface area contributed by atoms with Gasteiger partial charge < -0.3 is 27.1 Å². The molecular formula is C25H25ClFN7O. The monoisotopic (exact) mass is 493 g/mol. The molecule has 0 saturated heterocycles. The number of primary amides is 1. The number of nitrogens with zero attached hydrogens (tertiary/aromatic N) is 1. The van der Waals surface area contributed by atoms with Gasteiger partial charge in [-0.3, -0.25) is 10.2 Å². The number of aromatic nitrogens is 1. The molecule has 1 atom stereocenters. The van der Waals surface area contributed by atoms with E-state index in [-0.39, 0.29) is 16.4 Å². The van der Waals surface area contributed by atoms with Crippen LogP contribution >= 0.6 is 11.6 Å². The summed E-state index contributed by atoms with van der Waals surface area (Å²) in [6.07, 6.45) is 7.36. The zero-order valence-electron chi connectivity index (χ0n) is 19.1. The van der Waals surface area contributed by atoms with Crippen LogP contribution in [0.2, 0.25) is 5.02 Å². The molecule has 2 heterocycles. The van der Waals surface area contributed by atoms with Crippen LogP contribution in [0.15, 0.2) is 83.4 Å². The molecule has 180 valence electrons. The molecule has 10 heteroatoms. The number of nitrogens with two attached hydrogens (primary N) is 1. The molecule has 2 aromatic rings. The predicted molar refractivity (Wildman–Crippen MR) is 137 cm³/mol. The number of hydrogen-bond donors (Lipinski definition) is 6. The first-order valence-electron chi connectivity index (χ1n) is 10.6. The fourth-order valence-electron chi connectivity index (χ4n) is 3.37. The maximum Gasteiger partial charge on any atom is 0.252 e. The lowest BCUT2D eigenvalue weighted by Gasteiger charge is -2.19. The van der Waals surface area contributed by atoms with Gasteiger partial charge in [-0.2, -0.15) is 0 Å². The minimum absolute atomic E-state index is 0.00173. The van der Waals surface area contributed by atoms with Crippen molar-refractivity contribution < 1.29 is 9.18 Å². The van der Waals surface area contributed by atoms with Crippen LogP contribution in [0.3, 0.4) is 0 Å². The third kappa shape index (κ3) is 6.42. The van der Waals surface area contributed by atoms with E-state index in [0.717, 1.165) is 11.9 Å². The minimum atomic E-state index is -0.751. The highest BCUT2D eigenvalue weighted by molar-refractivity contribution is 6.30. The molecule has 1 aromatic heterocycles. The zero-order valence-corrected chi connectivity index (χ0v) is 19.9. The van der Waals surface area contributed by atoms with Gasteiger partial charge in [0.2, 0.25) is 0 Å². The Morgan fingerprint density at radius 2 is 2.03 bits per heavy atom. The Balaban J connectivity index is 1.98. The molecule has 0 radical (unpaired) electrons. The van der Waals surface area contributed by atoms with Gasteiger partial charge in [0.05, 0.1) is 28.0 Å². The molecule has 35 heavy (non-hydrogen) atoms. The van der Waals surface area contributed by atoms with E-state index in [4.69, 9.17) is 28.2 Å². The van der Waals surface area contributed by atoms with E-state index in [1.807, 2.05) is 19.1 Å². The number of dihydropyridines is 1. The van der Waals surface area contributed by atoms with E-state index in [0.29, 0.717) is 28.3 Å². The molecule has 8 nitrogen and oxygen atoms in total. The third-order valence-electron chi connectivity index (χ3n) is 5.07. The first-order valence-corrected chi connectivity index (χ1v) is 11.0. The van der Waals surface area contributed by atoms with Gasteiger partial charge in [0.15, 0.2) is 0 Å². The van der Waals surface area contributed by atoms with E-state index >= 15 is 0 Å². The number of carbonyl (C=O) groups is 1.